The molecule has 37 heavy (non-hydrogen) atoms. The van der Waals surface area contributed by atoms with Crippen LogP contribution >= 0.6 is 11.6 Å². The van der Waals surface area contributed by atoms with Crippen molar-refractivity contribution >= 4 is 39.0 Å². The number of rotatable bonds is 11. The molecule has 3 N–H and O–H groups in total. The first-order valence-electron chi connectivity index (χ1n) is 11.2. The number of carbonyl (C=O) groups excluding carboxylic acids is 2. The van der Waals surface area contributed by atoms with Crippen molar-refractivity contribution in [3.05, 3.63) is 87.7 Å². The summed E-state index contributed by atoms with van der Waals surface area (Å²) in [7, 11) is -3.54. The number of hydrogen-bond acceptors (Lipinski definition) is 6. The summed E-state index contributed by atoms with van der Waals surface area (Å²) in [6.45, 7) is 3.22. The van der Waals surface area contributed by atoms with Crippen LogP contribution in [0.15, 0.2) is 54.6 Å². The molecular formula is C26H26ClFN2O6S. The number of amides is 1. The number of ether oxygens (including phenoxy) is 2. The molecule has 196 valence electrons. The van der Waals surface area contributed by atoms with E-state index in [4.69, 9.17) is 26.2 Å². The normalized spacial score (nSPS) is 11.2. The number of nitrogens with two attached hydrogens (primary N) is 1. The lowest BCUT2D eigenvalue weighted by Gasteiger charge is -2.14. The second-order valence-electron chi connectivity index (χ2n) is 8.37. The zero-order valence-corrected chi connectivity index (χ0v) is 21.8. The van der Waals surface area contributed by atoms with Crippen LogP contribution in [0.25, 0.3) is 0 Å². The van der Waals surface area contributed by atoms with E-state index in [0.29, 0.717) is 22.6 Å². The van der Waals surface area contributed by atoms with Gasteiger partial charge in [0.15, 0.2) is 12.4 Å². The van der Waals surface area contributed by atoms with Crippen LogP contribution in [0.4, 0.5) is 10.1 Å². The Labute approximate surface area is 219 Å². The number of sulfonamides is 1. The van der Waals surface area contributed by atoms with Crippen LogP contribution in [0.5, 0.6) is 11.5 Å². The third kappa shape index (κ3) is 8.56. The molecular weight excluding hydrogens is 523 g/mol. The Kier molecular flexibility index (Phi) is 9.25. The summed E-state index contributed by atoms with van der Waals surface area (Å²) >= 11 is 6.07. The minimum atomic E-state index is -3.54. The third-order valence-corrected chi connectivity index (χ3v) is 6.26. The molecule has 0 bridgehead atoms. The van der Waals surface area contributed by atoms with Crippen molar-refractivity contribution in [1.29, 1.82) is 0 Å². The molecule has 0 aliphatic heterocycles. The maximum Gasteiger partial charge on any atom is 0.262 e. The van der Waals surface area contributed by atoms with Gasteiger partial charge in [0.05, 0.1) is 17.9 Å². The van der Waals surface area contributed by atoms with Crippen LogP contribution in [0, 0.1) is 19.7 Å². The van der Waals surface area contributed by atoms with E-state index in [1.165, 1.54) is 24.3 Å². The number of halogens is 2. The number of carbonyl (C=O) groups is 2. The summed E-state index contributed by atoms with van der Waals surface area (Å²) in [5, 5.41) is 7.98. The standard InChI is InChI=1S/C26H26ClFN2O6S/c1-16-10-18(13-20(28)11-16)26(32)22-14-19(27)4-7-24(22)36-15-25(31)30-23-6-5-21(12-17(23)2)35-8-3-9-37(29,33)34/h4-7,10-14H,3,8-9,15H2,1-2H3,(H,30,31)(H2,29,33,34). The number of anilines is 1. The Bertz CT molecular complexity index is 1410. The van der Waals surface area contributed by atoms with Crippen molar-refractivity contribution in [3.8, 4) is 11.5 Å². The average molecular weight is 549 g/mol. The van der Waals surface area contributed by atoms with E-state index in [9.17, 15) is 22.4 Å². The second-order valence-corrected chi connectivity index (χ2v) is 10.5. The molecule has 0 atom stereocenters. The van der Waals surface area contributed by atoms with Gasteiger partial charge in [0.2, 0.25) is 10.0 Å². The van der Waals surface area contributed by atoms with Gasteiger partial charge in [-0.1, -0.05) is 11.6 Å². The van der Waals surface area contributed by atoms with Crippen LogP contribution < -0.4 is 19.9 Å². The second kappa shape index (κ2) is 12.2. The van der Waals surface area contributed by atoms with E-state index in [1.54, 1.807) is 38.1 Å². The molecule has 1 amide bonds. The molecule has 0 aromatic heterocycles. The number of hydrogen-bond donors (Lipinski definition) is 2. The maximum atomic E-state index is 13.8. The first-order valence-corrected chi connectivity index (χ1v) is 13.3. The van der Waals surface area contributed by atoms with Crippen LogP contribution in [0.2, 0.25) is 5.02 Å². The highest BCUT2D eigenvalue weighted by Crippen LogP contribution is 2.27. The van der Waals surface area contributed by atoms with Crippen LogP contribution in [-0.2, 0) is 14.8 Å². The van der Waals surface area contributed by atoms with Gasteiger partial charge in [-0.15, -0.1) is 0 Å². The molecule has 11 heteroatoms. The molecule has 0 aliphatic carbocycles. The predicted octanol–water partition coefficient (Wildman–Crippen LogP) is 4.40. The van der Waals surface area contributed by atoms with Gasteiger partial charge in [0.25, 0.3) is 5.91 Å². The molecule has 0 saturated heterocycles. The number of aryl methyl sites for hydroxylation is 2. The number of ketones is 1. The van der Waals surface area contributed by atoms with Gasteiger partial charge >= 0.3 is 0 Å². The zero-order chi connectivity index (χ0) is 27.2. The number of benzene rings is 3. The van der Waals surface area contributed by atoms with Crippen molar-refractivity contribution in [2.24, 2.45) is 5.14 Å². The topological polar surface area (TPSA) is 125 Å². The fourth-order valence-corrected chi connectivity index (χ4v) is 4.17. The van der Waals surface area contributed by atoms with E-state index in [-0.39, 0.29) is 40.7 Å². The molecule has 3 aromatic rings. The van der Waals surface area contributed by atoms with Gasteiger partial charge in [0.1, 0.15) is 17.3 Å². The summed E-state index contributed by atoms with van der Waals surface area (Å²) < 4.78 is 46.9. The molecule has 3 rings (SSSR count). The largest absolute Gasteiger partial charge is 0.494 e. The molecule has 0 unspecified atom stereocenters. The van der Waals surface area contributed by atoms with Crippen molar-refractivity contribution in [1.82, 2.24) is 0 Å². The minimum Gasteiger partial charge on any atom is -0.494 e. The zero-order valence-electron chi connectivity index (χ0n) is 20.2. The van der Waals surface area contributed by atoms with Gasteiger partial charge in [-0.2, -0.15) is 0 Å². The fourth-order valence-electron chi connectivity index (χ4n) is 3.47. The lowest BCUT2D eigenvalue weighted by atomic mass is 10.0. The van der Waals surface area contributed by atoms with Crippen molar-refractivity contribution in [2.75, 3.05) is 24.3 Å². The lowest BCUT2D eigenvalue weighted by Crippen LogP contribution is -2.21. The van der Waals surface area contributed by atoms with E-state index >= 15 is 0 Å². The smallest absolute Gasteiger partial charge is 0.262 e. The maximum absolute atomic E-state index is 13.8. The number of nitrogens with one attached hydrogen (secondary N) is 1. The Hall–Kier alpha value is -3.47. The molecule has 0 saturated carbocycles. The van der Waals surface area contributed by atoms with Gasteiger partial charge in [-0.05, 0) is 86.0 Å². The SMILES string of the molecule is Cc1cc(F)cc(C(=O)c2cc(Cl)ccc2OCC(=O)Nc2ccc(OCCCS(N)(=O)=O)cc2C)c1. The highest BCUT2D eigenvalue weighted by atomic mass is 35.5. The summed E-state index contributed by atoms with van der Waals surface area (Å²) in [6, 6.07) is 13.4. The highest BCUT2D eigenvalue weighted by molar-refractivity contribution is 7.89. The van der Waals surface area contributed by atoms with E-state index in [1.807, 2.05) is 0 Å². The highest BCUT2D eigenvalue weighted by Gasteiger charge is 2.18. The molecule has 0 heterocycles. The first kappa shape index (κ1) is 28.1. The summed E-state index contributed by atoms with van der Waals surface area (Å²) in [5.41, 5.74) is 2.05. The summed E-state index contributed by atoms with van der Waals surface area (Å²) in [5.74, 6) is -1.04. The van der Waals surface area contributed by atoms with Crippen molar-refractivity contribution < 1.29 is 31.9 Å². The molecule has 0 spiro atoms. The first-order chi connectivity index (χ1) is 17.4. The van der Waals surface area contributed by atoms with Crippen molar-refractivity contribution in [3.63, 3.8) is 0 Å². The third-order valence-electron chi connectivity index (χ3n) is 5.16. The Morgan fingerprint density at radius 2 is 1.78 bits per heavy atom. The minimum absolute atomic E-state index is 0.102. The monoisotopic (exact) mass is 548 g/mol. The van der Waals surface area contributed by atoms with Gasteiger partial charge in [0, 0.05) is 16.3 Å². The summed E-state index contributed by atoms with van der Waals surface area (Å²) in [4.78, 5) is 25.6. The van der Waals surface area contributed by atoms with Gasteiger partial charge in [-0.3, -0.25) is 9.59 Å². The lowest BCUT2D eigenvalue weighted by molar-refractivity contribution is -0.118. The van der Waals surface area contributed by atoms with Crippen LogP contribution in [0.1, 0.15) is 33.5 Å². The Balaban J connectivity index is 1.63. The van der Waals surface area contributed by atoms with Crippen LogP contribution in [-0.4, -0.2) is 39.1 Å². The Morgan fingerprint density at radius 1 is 1.03 bits per heavy atom. The molecule has 0 fully saturated rings. The summed E-state index contributed by atoms with van der Waals surface area (Å²) in [6.07, 6.45) is 0.252. The molecule has 0 radical (unpaired) electrons. The predicted molar refractivity (Wildman–Crippen MR) is 139 cm³/mol. The molecule has 8 nitrogen and oxygen atoms in total. The van der Waals surface area contributed by atoms with Gasteiger partial charge < -0.3 is 14.8 Å². The van der Waals surface area contributed by atoms with Crippen molar-refractivity contribution in [2.45, 2.75) is 20.3 Å². The fraction of sp³-hybridized carbons (Fsp3) is 0.231. The molecule has 0 aliphatic rings. The van der Waals surface area contributed by atoms with E-state index < -0.39 is 34.1 Å². The van der Waals surface area contributed by atoms with E-state index in [0.717, 1.165) is 6.07 Å². The molecule has 3 aromatic carbocycles. The number of primary sulfonamides is 1. The van der Waals surface area contributed by atoms with Gasteiger partial charge in [-0.25, -0.2) is 17.9 Å². The van der Waals surface area contributed by atoms with Crippen LogP contribution in [0.3, 0.4) is 0 Å². The quantitative estimate of drug-likeness (QED) is 0.270. The Morgan fingerprint density at radius 3 is 2.46 bits per heavy atom. The van der Waals surface area contributed by atoms with E-state index in [2.05, 4.69) is 5.32 Å². The average Bonchev–Trinajstić information content (AvgIpc) is 2.81.